The molecule has 0 unspecified atom stereocenters. The third-order valence-corrected chi connectivity index (χ3v) is 2.40. The van der Waals surface area contributed by atoms with Crippen molar-refractivity contribution in [2.75, 3.05) is 7.11 Å². The van der Waals surface area contributed by atoms with Gasteiger partial charge in [-0.05, 0) is 36.1 Å². The molecule has 0 heterocycles. The molecule has 0 aromatic heterocycles. The summed E-state index contributed by atoms with van der Waals surface area (Å²) in [5.41, 5.74) is 2.26. The Bertz CT molecular complexity index is 346. The molecule has 0 saturated heterocycles. The molecule has 1 rings (SSSR count). The van der Waals surface area contributed by atoms with E-state index in [9.17, 15) is 4.79 Å². The Labute approximate surface area is 117 Å². The average Bonchev–Trinajstić information content (AvgIpc) is 2.48. The minimum atomic E-state index is -0.757. The molecule has 0 fully saturated rings. The minimum absolute atomic E-state index is 0.180. The predicted octanol–water partition coefficient (Wildman–Crippen LogP) is 4.33. The van der Waals surface area contributed by atoms with Gasteiger partial charge in [-0.1, -0.05) is 40.7 Å². The first-order valence-electron chi connectivity index (χ1n) is 7.05. The SMILES string of the molecule is CC.CC.CCc1cc(OC)ccc1CCC(=O)O. The zero-order valence-electron chi connectivity index (χ0n) is 13.1. The quantitative estimate of drug-likeness (QED) is 0.864. The lowest BCUT2D eigenvalue weighted by Crippen LogP contribution is -2.00. The van der Waals surface area contributed by atoms with E-state index < -0.39 is 5.97 Å². The van der Waals surface area contributed by atoms with Crippen molar-refractivity contribution in [1.82, 2.24) is 0 Å². The van der Waals surface area contributed by atoms with Crippen molar-refractivity contribution in [3.05, 3.63) is 29.3 Å². The van der Waals surface area contributed by atoms with E-state index in [2.05, 4.69) is 6.92 Å². The van der Waals surface area contributed by atoms with Crippen LogP contribution in [0, 0.1) is 0 Å². The molecule has 3 heteroatoms. The summed E-state index contributed by atoms with van der Waals surface area (Å²) in [6.45, 7) is 10.1. The molecule has 3 nitrogen and oxygen atoms in total. The average molecular weight is 268 g/mol. The summed E-state index contributed by atoms with van der Waals surface area (Å²) in [5, 5.41) is 8.61. The van der Waals surface area contributed by atoms with Crippen LogP contribution in [0.15, 0.2) is 18.2 Å². The number of benzene rings is 1. The predicted molar refractivity (Wildman–Crippen MR) is 81.0 cm³/mol. The van der Waals surface area contributed by atoms with Crippen molar-refractivity contribution in [1.29, 1.82) is 0 Å². The Balaban J connectivity index is 0. The molecule has 0 spiro atoms. The summed E-state index contributed by atoms with van der Waals surface area (Å²) in [4.78, 5) is 10.5. The number of methoxy groups -OCH3 is 1. The summed E-state index contributed by atoms with van der Waals surface area (Å²) in [7, 11) is 1.63. The second-order valence-electron chi connectivity index (χ2n) is 3.38. The van der Waals surface area contributed by atoms with Crippen LogP contribution in [0.1, 0.15) is 52.2 Å². The van der Waals surface area contributed by atoms with Crippen LogP contribution in [-0.4, -0.2) is 18.2 Å². The highest BCUT2D eigenvalue weighted by Gasteiger charge is 2.05. The van der Waals surface area contributed by atoms with Gasteiger partial charge in [-0.25, -0.2) is 0 Å². The van der Waals surface area contributed by atoms with E-state index in [0.29, 0.717) is 6.42 Å². The fraction of sp³-hybridized carbons (Fsp3) is 0.562. The van der Waals surface area contributed by atoms with Crippen LogP contribution in [-0.2, 0) is 17.6 Å². The van der Waals surface area contributed by atoms with Crippen LogP contribution in [0.5, 0.6) is 5.75 Å². The molecule has 0 amide bonds. The number of carbonyl (C=O) groups is 1. The first-order valence-corrected chi connectivity index (χ1v) is 7.05. The molecular formula is C16H28O3. The molecule has 0 bridgehead atoms. The van der Waals surface area contributed by atoms with Crippen LogP contribution >= 0.6 is 0 Å². The van der Waals surface area contributed by atoms with E-state index in [4.69, 9.17) is 9.84 Å². The summed E-state index contributed by atoms with van der Waals surface area (Å²) in [6, 6.07) is 5.79. The fourth-order valence-electron chi connectivity index (χ4n) is 1.54. The maximum Gasteiger partial charge on any atom is 0.303 e. The van der Waals surface area contributed by atoms with Crippen molar-refractivity contribution in [3.63, 3.8) is 0 Å². The molecule has 0 saturated carbocycles. The molecule has 0 aliphatic heterocycles. The molecule has 110 valence electrons. The maximum atomic E-state index is 10.5. The number of aliphatic carboxylic acids is 1. The lowest BCUT2D eigenvalue weighted by Gasteiger charge is -2.08. The minimum Gasteiger partial charge on any atom is -0.497 e. The van der Waals surface area contributed by atoms with Crippen LogP contribution < -0.4 is 4.74 Å². The standard InChI is InChI=1S/C12H16O3.2C2H6/c1-3-9-8-11(15-2)6-4-10(9)5-7-12(13)14;2*1-2/h4,6,8H,3,5,7H2,1-2H3,(H,13,14);2*1-2H3. The number of carboxylic acid groups (broad SMARTS) is 1. The van der Waals surface area contributed by atoms with Gasteiger partial charge in [0.2, 0.25) is 0 Å². The van der Waals surface area contributed by atoms with E-state index in [1.54, 1.807) is 7.11 Å². The molecule has 19 heavy (non-hydrogen) atoms. The Morgan fingerprint density at radius 3 is 2.16 bits per heavy atom. The van der Waals surface area contributed by atoms with Crippen molar-refractivity contribution < 1.29 is 14.6 Å². The summed E-state index contributed by atoms with van der Waals surface area (Å²) >= 11 is 0. The molecule has 0 aliphatic carbocycles. The third kappa shape index (κ3) is 8.25. The Kier molecular flexibility index (Phi) is 13.5. The highest BCUT2D eigenvalue weighted by molar-refractivity contribution is 5.67. The molecule has 0 aliphatic rings. The molecule has 1 N–H and O–H groups in total. The zero-order chi connectivity index (χ0) is 15.3. The van der Waals surface area contributed by atoms with Gasteiger partial charge in [0.05, 0.1) is 7.11 Å². The van der Waals surface area contributed by atoms with Gasteiger partial charge in [-0.2, -0.15) is 0 Å². The van der Waals surface area contributed by atoms with E-state index in [1.165, 1.54) is 0 Å². The molecule has 0 radical (unpaired) electrons. The fourth-order valence-corrected chi connectivity index (χ4v) is 1.54. The van der Waals surface area contributed by atoms with Gasteiger partial charge >= 0.3 is 5.97 Å². The van der Waals surface area contributed by atoms with Crippen molar-refractivity contribution >= 4 is 5.97 Å². The van der Waals surface area contributed by atoms with Gasteiger partial charge < -0.3 is 9.84 Å². The van der Waals surface area contributed by atoms with E-state index in [1.807, 2.05) is 45.9 Å². The zero-order valence-corrected chi connectivity index (χ0v) is 13.1. The van der Waals surface area contributed by atoms with Crippen LogP contribution in [0.4, 0.5) is 0 Å². The van der Waals surface area contributed by atoms with Gasteiger partial charge in [-0.3, -0.25) is 4.79 Å². The molecule has 1 aromatic carbocycles. The second kappa shape index (κ2) is 12.9. The van der Waals surface area contributed by atoms with Crippen LogP contribution in [0.25, 0.3) is 0 Å². The Morgan fingerprint density at radius 2 is 1.74 bits per heavy atom. The van der Waals surface area contributed by atoms with Gasteiger partial charge in [0.15, 0.2) is 0 Å². The normalized spacial score (nSPS) is 8.53. The molecule has 0 atom stereocenters. The number of rotatable bonds is 5. The lowest BCUT2D eigenvalue weighted by molar-refractivity contribution is -0.136. The number of hydrogen-bond acceptors (Lipinski definition) is 2. The maximum absolute atomic E-state index is 10.5. The van der Waals surface area contributed by atoms with E-state index in [0.717, 1.165) is 23.3 Å². The monoisotopic (exact) mass is 268 g/mol. The van der Waals surface area contributed by atoms with Gasteiger partial charge in [-0.15, -0.1) is 0 Å². The molecule has 1 aromatic rings. The van der Waals surface area contributed by atoms with Crippen LogP contribution in [0.3, 0.4) is 0 Å². The van der Waals surface area contributed by atoms with Crippen molar-refractivity contribution in [2.24, 2.45) is 0 Å². The third-order valence-electron chi connectivity index (χ3n) is 2.40. The van der Waals surface area contributed by atoms with Gasteiger partial charge in [0, 0.05) is 6.42 Å². The van der Waals surface area contributed by atoms with Crippen molar-refractivity contribution in [2.45, 2.75) is 53.9 Å². The van der Waals surface area contributed by atoms with E-state index in [-0.39, 0.29) is 6.42 Å². The first kappa shape index (κ1) is 19.8. The van der Waals surface area contributed by atoms with Gasteiger partial charge in [0.25, 0.3) is 0 Å². The largest absolute Gasteiger partial charge is 0.497 e. The highest BCUT2D eigenvalue weighted by Crippen LogP contribution is 2.19. The highest BCUT2D eigenvalue weighted by atomic mass is 16.5. The lowest BCUT2D eigenvalue weighted by atomic mass is 10.0. The van der Waals surface area contributed by atoms with Crippen molar-refractivity contribution in [3.8, 4) is 5.75 Å². The van der Waals surface area contributed by atoms with Gasteiger partial charge in [0.1, 0.15) is 5.75 Å². The molecular weight excluding hydrogens is 240 g/mol. The Morgan fingerprint density at radius 1 is 1.16 bits per heavy atom. The number of ether oxygens (including phenoxy) is 1. The summed E-state index contributed by atoms with van der Waals surface area (Å²) < 4.78 is 5.12. The summed E-state index contributed by atoms with van der Waals surface area (Å²) in [5.74, 6) is 0.0683. The van der Waals surface area contributed by atoms with E-state index >= 15 is 0 Å². The smallest absolute Gasteiger partial charge is 0.303 e. The number of carboxylic acids is 1. The Hall–Kier alpha value is -1.51. The van der Waals surface area contributed by atoms with Crippen LogP contribution in [0.2, 0.25) is 0 Å². The topological polar surface area (TPSA) is 46.5 Å². The second-order valence-corrected chi connectivity index (χ2v) is 3.38. The number of aryl methyl sites for hydroxylation is 2. The number of hydrogen-bond donors (Lipinski definition) is 1. The summed E-state index contributed by atoms with van der Waals surface area (Å²) in [6.07, 6.45) is 1.66. The first-order chi connectivity index (χ1) is 9.17.